The highest BCUT2D eigenvalue weighted by atomic mass is 16.3. The lowest BCUT2D eigenvalue weighted by molar-refractivity contribution is 0.518. The van der Waals surface area contributed by atoms with Gasteiger partial charge in [-0.25, -0.2) is 4.98 Å². The molecule has 0 aliphatic heterocycles. The lowest BCUT2D eigenvalue weighted by Crippen LogP contribution is -2.06. The van der Waals surface area contributed by atoms with Gasteiger partial charge < -0.3 is 15.1 Å². The van der Waals surface area contributed by atoms with Crippen molar-refractivity contribution in [2.24, 2.45) is 0 Å². The minimum atomic E-state index is 0.584. The zero-order valence-electron chi connectivity index (χ0n) is 13.6. The second-order valence-electron chi connectivity index (χ2n) is 5.52. The summed E-state index contributed by atoms with van der Waals surface area (Å²) < 4.78 is 5.32. The molecule has 0 radical (unpaired) electrons. The molecule has 0 aliphatic carbocycles. The lowest BCUT2D eigenvalue weighted by atomic mass is 10.1. The van der Waals surface area contributed by atoms with Crippen molar-refractivity contribution in [3.8, 4) is 0 Å². The maximum atomic E-state index is 5.32. The van der Waals surface area contributed by atoms with Crippen LogP contribution in [0.2, 0.25) is 0 Å². The molecule has 0 spiro atoms. The number of hydrogen-bond donors (Lipinski definition) is 2. The third kappa shape index (κ3) is 3.69. The monoisotopic (exact) mass is 308 g/mol. The Morgan fingerprint density at radius 2 is 1.91 bits per heavy atom. The van der Waals surface area contributed by atoms with Crippen LogP contribution >= 0.6 is 0 Å². The number of anilines is 3. The highest BCUT2D eigenvalue weighted by Gasteiger charge is 2.06. The Kier molecular flexibility index (Phi) is 4.28. The second kappa shape index (κ2) is 6.52. The largest absolute Gasteiger partial charge is 0.467 e. The molecule has 0 fully saturated rings. The molecule has 0 amide bonds. The maximum Gasteiger partial charge on any atom is 0.229 e. The van der Waals surface area contributed by atoms with E-state index in [-0.39, 0.29) is 0 Å². The average Bonchev–Trinajstić information content (AvgIpc) is 3.03. The van der Waals surface area contributed by atoms with Crippen LogP contribution in [0.15, 0.2) is 47.1 Å². The number of nitrogens with one attached hydrogen (secondary N) is 2. The smallest absolute Gasteiger partial charge is 0.229 e. The first-order valence-electron chi connectivity index (χ1n) is 7.57. The van der Waals surface area contributed by atoms with Crippen molar-refractivity contribution in [2.45, 2.75) is 27.3 Å². The minimum Gasteiger partial charge on any atom is -0.467 e. The van der Waals surface area contributed by atoms with Gasteiger partial charge in [0.2, 0.25) is 5.95 Å². The van der Waals surface area contributed by atoms with Gasteiger partial charge in [-0.3, -0.25) is 0 Å². The molecule has 3 aromatic rings. The number of rotatable bonds is 5. The third-order valence-electron chi connectivity index (χ3n) is 3.73. The van der Waals surface area contributed by atoms with Gasteiger partial charge in [0.25, 0.3) is 0 Å². The first kappa shape index (κ1) is 15.1. The first-order valence-corrected chi connectivity index (χ1v) is 7.57. The first-order chi connectivity index (χ1) is 11.1. The summed E-state index contributed by atoms with van der Waals surface area (Å²) in [4.78, 5) is 8.98. The van der Waals surface area contributed by atoms with Gasteiger partial charge in [-0.2, -0.15) is 4.98 Å². The molecule has 118 valence electrons. The van der Waals surface area contributed by atoms with Gasteiger partial charge in [0.1, 0.15) is 11.6 Å². The van der Waals surface area contributed by atoms with Crippen LogP contribution in [0.1, 0.15) is 22.6 Å². The van der Waals surface area contributed by atoms with Crippen molar-refractivity contribution in [3.63, 3.8) is 0 Å². The summed E-state index contributed by atoms with van der Waals surface area (Å²) >= 11 is 0. The maximum absolute atomic E-state index is 5.32. The predicted octanol–water partition coefficient (Wildman–Crippen LogP) is 4.35. The number of hydrogen-bond acceptors (Lipinski definition) is 5. The summed E-state index contributed by atoms with van der Waals surface area (Å²) in [6, 6.07) is 11.9. The van der Waals surface area contributed by atoms with Crippen LogP contribution in [-0.2, 0) is 6.54 Å². The number of furan rings is 1. The Balaban J connectivity index is 1.78. The standard InChI is InChI=1S/C18H20N4O/c1-12-6-4-8-16(14(12)3)21-18-20-13(2)10-17(22-18)19-11-15-7-5-9-23-15/h4-10H,11H2,1-3H3,(H2,19,20,21,22). The summed E-state index contributed by atoms with van der Waals surface area (Å²) in [7, 11) is 0. The minimum absolute atomic E-state index is 0.584. The summed E-state index contributed by atoms with van der Waals surface area (Å²) in [6.45, 7) is 6.72. The van der Waals surface area contributed by atoms with Gasteiger partial charge in [-0.1, -0.05) is 12.1 Å². The molecule has 2 aromatic heterocycles. The van der Waals surface area contributed by atoms with E-state index < -0.39 is 0 Å². The molecule has 3 rings (SSSR count). The Hall–Kier alpha value is -2.82. The fourth-order valence-corrected chi connectivity index (χ4v) is 2.31. The van der Waals surface area contributed by atoms with Crippen LogP contribution in [0.5, 0.6) is 0 Å². The van der Waals surface area contributed by atoms with Gasteiger partial charge in [0.15, 0.2) is 0 Å². The molecule has 5 heteroatoms. The molecule has 2 heterocycles. The van der Waals surface area contributed by atoms with Gasteiger partial charge in [-0.05, 0) is 50.1 Å². The van der Waals surface area contributed by atoms with Crippen molar-refractivity contribution in [1.82, 2.24) is 9.97 Å². The lowest BCUT2D eigenvalue weighted by Gasteiger charge is -2.12. The Bertz CT molecular complexity index is 797. The second-order valence-corrected chi connectivity index (χ2v) is 5.52. The Morgan fingerprint density at radius 3 is 2.70 bits per heavy atom. The van der Waals surface area contributed by atoms with Gasteiger partial charge >= 0.3 is 0 Å². The van der Waals surface area contributed by atoms with E-state index in [1.165, 1.54) is 11.1 Å². The van der Waals surface area contributed by atoms with Crippen LogP contribution in [0.4, 0.5) is 17.5 Å². The van der Waals surface area contributed by atoms with Crippen LogP contribution in [0.3, 0.4) is 0 Å². The number of nitrogens with zero attached hydrogens (tertiary/aromatic N) is 2. The van der Waals surface area contributed by atoms with Crippen LogP contribution in [0.25, 0.3) is 0 Å². The summed E-state index contributed by atoms with van der Waals surface area (Å²) in [5, 5.41) is 6.56. The quantitative estimate of drug-likeness (QED) is 0.733. The van der Waals surface area contributed by atoms with Crippen molar-refractivity contribution >= 4 is 17.5 Å². The zero-order chi connectivity index (χ0) is 16.2. The van der Waals surface area contributed by atoms with Crippen molar-refractivity contribution in [2.75, 3.05) is 10.6 Å². The molecule has 0 atom stereocenters. The van der Waals surface area contributed by atoms with Gasteiger partial charge in [-0.15, -0.1) is 0 Å². The van der Waals surface area contributed by atoms with E-state index >= 15 is 0 Å². The van der Waals surface area contributed by atoms with E-state index in [0.29, 0.717) is 12.5 Å². The van der Waals surface area contributed by atoms with Crippen LogP contribution < -0.4 is 10.6 Å². The molecule has 2 N–H and O–H groups in total. The summed E-state index contributed by atoms with van der Waals surface area (Å²) in [5.41, 5.74) is 4.35. The molecular weight excluding hydrogens is 288 g/mol. The molecule has 1 aromatic carbocycles. The molecule has 0 aliphatic rings. The predicted molar refractivity (Wildman–Crippen MR) is 92.0 cm³/mol. The fourth-order valence-electron chi connectivity index (χ4n) is 2.31. The fraction of sp³-hybridized carbons (Fsp3) is 0.222. The molecule has 0 saturated heterocycles. The highest BCUT2D eigenvalue weighted by molar-refractivity contribution is 5.61. The third-order valence-corrected chi connectivity index (χ3v) is 3.73. The number of aryl methyl sites for hydroxylation is 2. The molecule has 0 unspecified atom stereocenters. The SMILES string of the molecule is Cc1cc(NCc2ccco2)nc(Nc2cccc(C)c2C)n1. The van der Waals surface area contributed by atoms with Gasteiger partial charge in [0.05, 0.1) is 12.8 Å². The van der Waals surface area contributed by atoms with Crippen molar-refractivity contribution in [3.05, 3.63) is 65.2 Å². The van der Waals surface area contributed by atoms with E-state index in [2.05, 4.69) is 40.5 Å². The van der Waals surface area contributed by atoms with Crippen molar-refractivity contribution < 1.29 is 4.42 Å². The topological polar surface area (TPSA) is 63.0 Å². The molecule has 0 saturated carbocycles. The Labute approximate surface area is 135 Å². The molecular formula is C18H20N4O. The van der Waals surface area contributed by atoms with Crippen molar-refractivity contribution in [1.29, 1.82) is 0 Å². The number of aromatic nitrogens is 2. The summed E-state index contributed by atoms with van der Waals surface area (Å²) in [6.07, 6.45) is 1.66. The van der Waals surface area contributed by atoms with E-state index in [1.54, 1.807) is 6.26 Å². The van der Waals surface area contributed by atoms with Crippen LogP contribution in [-0.4, -0.2) is 9.97 Å². The van der Waals surface area contributed by atoms with E-state index in [1.807, 2.05) is 37.3 Å². The average molecular weight is 308 g/mol. The highest BCUT2D eigenvalue weighted by Crippen LogP contribution is 2.22. The van der Waals surface area contributed by atoms with Crippen LogP contribution in [0, 0.1) is 20.8 Å². The molecule has 23 heavy (non-hydrogen) atoms. The number of benzene rings is 1. The zero-order valence-corrected chi connectivity index (χ0v) is 13.6. The van der Waals surface area contributed by atoms with Gasteiger partial charge in [0, 0.05) is 17.4 Å². The molecule has 5 nitrogen and oxygen atoms in total. The summed E-state index contributed by atoms with van der Waals surface area (Å²) in [5.74, 6) is 2.22. The van der Waals surface area contributed by atoms with E-state index in [4.69, 9.17) is 4.42 Å². The molecule has 0 bridgehead atoms. The van der Waals surface area contributed by atoms with E-state index in [9.17, 15) is 0 Å². The Morgan fingerprint density at radius 1 is 1.04 bits per heavy atom. The van der Waals surface area contributed by atoms with E-state index in [0.717, 1.165) is 23.0 Å². The normalized spacial score (nSPS) is 10.6.